The number of aliphatic carboxylic acids is 1. The molecule has 0 bridgehead atoms. The quantitative estimate of drug-likeness (QED) is 0.106. The summed E-state index contributed by atoms with van der Waals surface area (Å²) in [6, 6.07) is -1.11. The highest BCUT2D eigenvalue weighted by molar-refractivity contribution is 5.73. The van der Waals surface area contributed by atoms with E-state index in [9.17, 15) is 35.1 Å². The first-order valence-electron chi connectivity index (χ1n) is 13.1. The molecule has 14 nitrogen and oxygen atoms in total. The number of carboxylic acid groups (broad SMARTS) is 1. The van der Waals surface area contributed by atoms with Gasteiger partial charge in [-0.15, -0.1) is 0 Å². The predicted molar refractivity (Wildman–Crippen MR) is 129 cm³/mol. The average Bonchev–Trinajstić information content (AvgIpc) is 2.87. The number of aliphatic hydroxyl groups excluding tert-OH is 5. The maximum Gasteiger partial charge on any atom is 0.329 e. The van der Waals surface area contributed by atoms with Crippen LogP contribution in [0.5, 0.6) is 0 Å². The molecule has 0 aromatic rings. The van der Waals surface area contributed by atoms with Crippen molar-refractivity contribution in [3.63, 3.8) is 0 Å². The SMILES string of the molecule is CCCCCCCCO[C@@H]1O[C@H](CO)[C@@H](O[C@@H]2O[C@H](CO)[C@H](O)[C@H](O)[C@H]2OCC(=O)O)[C@H](O)[C@H]1NC(C)=O. The molecule has 2 aliphatic rings. The molecule has 2 heterocycles. The van der Waals surface area contributed by atoms with Crippen molar-refractivity contribution >= 4 is 11.9 Å². The van der Waals surface area contributed by atoms with Gasteiger partial charge in [0.15, 0.2) is 12.6 Å². The first kappa shape index (κ1) is 32.8. The third kappa shape index (κ3) is 9.33. The Morgan fingerprint density at radius 2 is 1.45 bits per heavy atom. The van der Waals surface area contributed by atoms with Crippen LogP contribution in [0.4, 0.5) is 0 Å². The van der Waals surface area contributed by atoms with Gasteiger partial charge in [-0.25, -0.2) is 4.79 Å². The van der Waals surface area contributed by atoms with E-state index in [4.69, 9.17) is 28.8 Å². The van der Waals surface area contributed by atoms with Gasteiger partial charge in [-0.2, -0.15) is 0 Å². The minimum absolute atomic E-state index is 0.294. The number of nitrogens with one attached hydrogen (secondary N) is 1. The molecule has 14 heteroatoms. The van der Waals surface area contributed by atoms with Crippen molar-refractivity contribution in [1.82, 2.24) is 5.32 Å². The van der Waals surface area contributed by atoms with Gasteiger partial charge >= 0.3 is 5.97 Å². The molecule has 1 amide bonds. The molecular formula is C24H43NO13. The largest absolute Gasteiger partial charge is 0.480 e. The standard InChI is InChI=1S/C24H43NO13/c1-3-4-5-6-7-8-9-34-23-17(25-13(2)28)19(32)21(15(11-27)37-23)38-24-22(35-12-16(29)30)20(33)18(31)14(10-26)36-24/h14-15,17-24,26-27,31-33H,3-12H2,1-2H3,(H,25,28)(H,29,30)/t14-,15-,17-,18+,19-,20+,21-,22-,23-,24+/m1/s1. The lowest BCUT2D eigenvalue weighted by molar-refractivity contribution is -0.352. The van der Waals surface area contributed by atoms with E-state index in [1.54, 1.807) is 0 Å². The summed E-state index contributed by atoms with van der Waals surface area (Å²) in [7, 11) is 0. The summed E-state index contributed by atoms with van der Waals surface area (Å²) < 4.78 is 28.1. The second kappa shape index (κ2) is 16.6. The number of amides is 1. The zero-order valence-corrected chi connectivity index (χ0v) is 21.9. The monoisotopic (exact) mass is 553 g/mol. The Morgan fingerprint density at radius 3 is 2.05 bits per heavy atom. The molecule has 0 spiro atoms. The van der Waals surface area contributed by atoms with Crippen LogP contribution in [0.25, 0.3) is 0 Å². The van der Waals surface area contributed by atoms with Gasteiger partial charge in [-0.05, 0) is 6.42 Å². The smallest absolute Gasteiger partial charge is 0.329 e. The van der Waals surface area contributed by atoms with Crippen molar-refractivity contribution < 1.29 is 63.9 Å². The number of hydrogen-bond donors (Lipinski definition) is 7. The zero-order valence-electron chi connectivity index (χ0n) is 21.9. The van der Waals surface area contributed by atoms with E-state index in [2.05, 4.69) is 12.2 Å². The van der Waals surface area contributed by atoms with Gasteiger partial charge in [0.05, 0.1) is 13.2 Å². The molecular weight excluding hydrogens is 510 g/mol. The molecule has 38 heavy (non-hydrogen) atoms. The van der Waals surface area contributed by atoms with Crippen molar-refractivity contribution in [2.75, 3.05) is 26.4 Å². The van der Waals surface area contributed by atoms with Crippen molar-refractivity contribution in [3.05, 3.63) is 0 Å². The molecule has 0 aromatic heterocycles. The number of unbranched alkanes of at least 4 members (excludes halogenated alkanes) is 5. The fourth-order valence-electron chi connectivity index (χ4n) is 4.51. The van der Waals surface area contributed by atoms with E-state index in [1.165, 1.54) is 6.92 Å². The van der Waals surface area contributed by atoms with Crippen LogP contribution in [-0.2, 0) is 33.3 Å². The van der Waals surface area contributed by atoms with Gasteiger partial charge in [-0.3, -0.25) is 4.79 Å². The molecule has 2 aliphatic heterocycles. The summed E-state index contributed by atoms with van der Waals surface area (Å²) in [6.07, 6.45) is -6.77. The van der Waals surface area contributed by atoms with Crippen molar-refractivity contribution in [2.45, 2.75) is 114 Å². The summed E-state index contributed by atoms with van der Waals surface area (Å²) in [5.41, 5.74) is 0. The highest BCUT2D eigenvalue weighted by atomic mass is 16.7. The molecule has 7 N–H and O–H groups in total. The molecule has 0 aromatic carbocycles. The summed E-state index contributed by atoms with van der Waals surface area (Å²) in [5, 5.41) is 62.9. The number of carboxylic acids is 1. The van der Waals surface area contributed by atoms with Crippen LogP contribution in [-0.4, -0.2) is 130 Å². The third-order valence-corrected chi connectivity index (χ3v) is 6.52. The van der Waals surface area contributed by atoms with Crippen molar-refractivity contribution in [3.8, 4) is 0 Å². The predicted octanol–water partition coefficient (Wildman–Crippen LogP) is -1.76. The lowest BCUT2D eigenvalue weighted by Crippen LogP contribution is -2.67. The molecule has 0 saturated carbocycles. The van der Waals surface area contributed by atoms with Crippen LogP contribution in [0, 0.1) is 0 Å². The molecule has 2 saturated heterocycles. The molecule has 10 atom stereocenters. The van der Waals surface area contributed by atoms with E-state index >= 15 is 0 Å². The lowest BCUT2D eigenvalue weighted by atomic mass is 9.95. The topological polar surface area (TPSA) is 214 Å². The van der Waals surface area contributed by atoms with E-state index in [0.29, 0.717) is 6.61 Å². The Labute approximate surface area is 221 Å². The van der Waals surface area contributed by atoms with Crippen LogP contribution in [0.3, 0.4) is 0 Å². The van der Waals surface area contributed by atoms with Crippen LogP contribution in [0.2, 0.25) is 0 Å². The number of carbonyl (C=O) groups is 2. The Bertz CT molecular complexity index is 713. The summed E-state index contributed by atoms with van der Waals surface area (Å²) >= 11 is 0. The van der Waals surface area contributed by atoms with E-state index in [1.807, 2.05) is 0 Å². The summed E-state index contributed by atoms with van der Waals surface area (Å²) in [4.78, 5) is 22.9. The highest BCUT2D eigenvalue weighted by Crippen LogP contribution is 2.31. The fraction of sp³-hybridized carbons (Fsp3) is 0.917. The summed E-state index contributed by atoms with van der Waals surface area (Å²) in [6.45, 7) is 1.47. The average molecular weight is 554 g/mol. The van der Waals surface area contributed by atoms with Crippen LogP contribution >= 0.6 is 0 Å². The molecule has 222 valence electrons. The normalized spacial score (nSPS) is 35.7. The molecule has 0 aliphatic carbocycles. The second-order valence-corrected chi connectivity index (χ2v) is 9.56. The van der Waals surface area contributed by atoms with Crippen LogP contribution in [0.1, 0.15) is 52.4 Å². The van der Waals surface area contributed by atoms with Crippen molar-refractivity contribution in [1.29, 1.82) is 0 Å². The third-order valence-electron chi connectivity index (χ3n) is 6.52. The first-order valence-corrected chi connectivity index (χ1v) is 13.1. The van der Waals surface area contributed by atoms with E-state index < -0.39 is 93.0 Å². The molecule has 0 unspecified atom stereocenters. The fourth-order valence-corrected chi connectivity index (χ4v) is 4.51. The number of ether oxygens (including phenoxy) is 5. The Hall–Kier alpha value is -1.46. The van der Waals surface area contributed by atoms with Gasteiger partial charge in [-0.1, -0.05) is 39.0 Å². The Morgan fingerprint density at radius 1 is 0.816 bits per heavy atom. The van der Waals surface area contributed by atoms with E-state index in [-0.39, 0.29) is 0 Å². The Kier molecular flexibility index (Phi) is 14.3. The van der Waals surface area contributed by atoms with Gasteiger partial charge in [0.25, 0.3) is 0 Å². The first-order chi connectivity index (χ1) is 18.1. The molecule has 2 fully saturated rings. The Balaban J connectivity index is 2.15. The van der Waals surface area contributed by atoms with Crippen molar-refractivity contribution in [2.24, 2.45) is 0 Å². The van der Waals surface area contributed by atoms with Gasteiger partial charge in [0.1, 0.15) is 55.4 Å². The van der Waals surface area contributed by atoms with Gasteiger partial charge in [0, 0.05) is 13.5 Å². The van der Waals surface area contributed by atoms with E-state index in [0.717, 1.165) is 38.5 Å². The summed E-state index contributed by atoms with van der Waals surface area (Å²) in [5.74, 6) is -1.84. The number of aliphatic hydroxyl groups is 5. The number of hydrogen-bond acceptors (Lipinski definition) is 12. The molecule has 0 radical (unpaired) electrons. The maximum absolute atomic E-state index is 11.9. The highest BCUT2D eigenvalue weighted by Gasteiger charge is 2.52. The zero-order chi connectivity index (χ0) is 28.2. The van der Waals surface area contributed by atoms with Gasteiger partial charge in [0.2, 0.25) is 5.91 Å². The van der Waals surface area contributed by atoms with Crippen LogP contribution in [0.15, 0.2) is 0 Å². The maximum atomic E-state index is 11.9. The number of carbonyl (C=O) groups excluding carboxylic acids is 1. The van der Waals surface area contributed by atoms with Gasteiger partial charge < -0.3 is 59.6 Å². The molecule has 2 rings (SSSR count). The number of rotatable bonds is 16. The minimum Gasteiger partial charge on any atom is -0.480 e. The second-order valence-electron chi connectivity index (χ2n) is 9.56. The minimum atomic E-state index is -1.71. The van der Waals surface area contributed by atoms with Crippen LogP contribution < -0.4 is 5.32 Å². The lowest BCUT2D eigenvalue weighted by Gasteiger charge is -2.47.